The maximum Gasteiger partial charge on any atom is 0.241 e. The number of carbonyl (C=O) groups is 1. The largest absolute Gasteiger partial charge is 0.385 e. The average Bonchev–Trinajstić information content (AvgIpc) is 2.42. The van der Waals surface area contributed by atoms with Crippen LogP contribution in [0.4, 0.5) is 5.69 Å². The Balaban J connectivity index is 2.67. The van der Waals surface area contributed by atoms with Gasteiger partial charge in [-0.1, -0.05) is 22.0 Å². The highest BCUT2D eigenvalue weighted by Crippen LogP contribution is 2.25. The maximum atomic E-state index is 12.0. The third kappa shape index (κ3) is 5.20. The minimum atomic E-state index is -0.542. The van der Waals surface area contributed by atoms with E-state index >= 15 is 0 Å². The van der Waals surface area contributed by atoms with Crippen molar-refractivity contribution in [2.45, 2.75) is 25.5 Å². The maximum absolute atomic E-state index is 12.0. The normalized spacial score (nSPS) is 12.2. The van der Waals surface area contributed by atoms with Gasteiger partial charge in [0.1, 0.15) is 0 Å². The van der Waals surface area contributed by atoms with Crippen LogP contribution in [0.1, 0.15) is 18.4 Å². The van der Waals surface area contributed by atoms with Crippen molar-refractivity contribution in [1.82, 2.24) is 0 Å². The predicted molar refractivity (Wildman–Crippen MR) is 82.6 cm³/mol. The zero-order chi connectivity index (χ0) is 15.0. The zero-order valence-corrected chi connectivity index (χ0v) is 13.4. The number of hydrogen-bond donors (Lipinski definition) is 2. The molecule has 0 aliphatic heterocycles. The first-order valence-corrected chi connectivity index (χ1v) is 7.21. The summed E-state index contributed by atoms with van der Waals surface area (Å²) in [5.41, 5.74) is 7.47. The van der Waals surface area contributed by atoms with Crippen LogP contribution in [0.15, 0.2) is 22.7 Å². The highest BCUT2D eigenvalue weighted by Gasteiger charge is 2.15. The summed E-state index contributed by atoms with van der Waals surface area (Å²) in [6, 6.07) is 5.05. The van der Waals surface area contributed by atoms with Gasteiger partial charge in [-0.3, -0.25) is 4.79 Å². The number of nitrogens with two attached hydrogens (primary N) is 1. The first-order chi connectivity index (χ1) is 9.60. The molecule has 1 atom stereocenters. The molecule has 1 unspecified atom stereocenters. The molecule has 0 heterocycles. The summed E-state index contributed by atoms with van der Waals surface area (Å²) in [6.45, 7) is 1.02. The molecule has 1 aromatic rings. The van der Waals surface area contributed by atoms with Gasteiger partial charge in [0, 0.05) is 36.6 Å². The van der Waals surface area contributed by atoms with Gasteiger partial charge < -0.3 is 20.5 Å². The van der Waals surface area contributed by atoms with E-state index < -0.39 is 6.04 Å². The van der Waals surface area contributed by atoms with E-state index in [4.69, 9.17) is 15.2 Å². The van der Waals surface area contributed by atoms with E-state index in [1.165, 1.54) is 0 Å². The molecule has 0 aliphatic rings. The van der Waals surface area contributed by atoms with Gasteiger partial charge in [0.25, 0.3) is 0 Å². The standard InChI is InChI=1S/C14H21BrN2O3/c1-19-8-4-6-12(16)14(18)17-13-7-3-5-11(15)10(13)9-20-2/h3,5,7,12H,4,6,8-9,16H2,1-2H3,(H,17,18). The van der Waals surface area contributed by atoms with E-state index in [1.54, 1.807) is 14.2 Å². The second-order valence-corrected chi connectivity index (χ2v) is 5.28. The summed E-state index contributed by atoms with van der Waals surface area (Å²) in [4.78, 5) is 12.0. The minimum absolute atomic E-state index is 0.198. The van der Waals surface area contributed by atoms with Crippen LogP contribution in [0.2, 0.25) is 0 Å². The number of amides is 1. The first kappa shape index (κ1) is 17.1. The number of anilines is 1. The Bertz CT molecular complexity index is 440. The van der Waals surface area contributed by atoms with Gasteiger partial charge in [0.15, 0.2) is 0 Å². The Hall–Kier alpha value is -0.950. The molecule has 5 nitrogen and oxygen atoms in total. The van der Waals surface area contributed by atoms with Crippen LogP contribution in [0.3, 0.4) is 0 Å². The lowest BCUT2D eigenvalue weighted by Crippen LogP contribution is -2.36. The molecule has 6 heteroatoms. The molecule has 20 heavy (non-hydrogen) atoms. The summed E-state index contributed by atoms with van der Waals surface area (Å²) in [5, 5.41) is 2.85. The molecule has 1 amide bonds. The van der Waals surface area contributed by atoms with E-state index in [-0.39, 0.29) is 5.91 Å². The van der Waals surface area contributed by atoms with Gasteiger partial charge >= 0.3 is 0 Å². The van der Waals surface area contributed by atoms with Crippen LogP contribution in [-0.4, -0.2) is 32.8 Å². The molecule has 0 saturated heterocycles. The summed E-state index contributed by atoms with van der Waals surface area (Å²) in [6.07, 6.45) is 1.35. The van der Waals surface area contributed by atoms with E-state index in [9.17, 15) is 4.79 Å². The molecule has 0 aliphatic carbocycles. The highest BCUT2D eigenvalue weighted by atomic mass is 79.9. The van der Waals surface area contributed by atoms with Crippen LogP contribution < -0.4 is 11.1 Å². The van der Waals surface area contributed by atoms with Gasteiger partial charge in [-0.25, -0.2) is 0 Å². The van der Waals surface area contributed by atoms with Crippen molar-refractivity contribution in [3.05, 3.63) is 28.2 Å². The summed E-state index contributed by atoms with van der Waals surface area (Å²) < 4.78 is 11.0. The lowest BCUT2D eigenvalue weighted by molar-refractivity contribution is -0.117. The van der Waals surface area contributed by atoms with E-state index in [0.717, 1.165) is 16.5 Å². The Kier molecular flexibility index (Phi) is 7.76. The smallest absolute Gasteiger partial charge is 0.241 e. The number of carbonyl (C=O) groups excluding carboxylic acids is 1. The van der Waals surface area contributed by atoms with Gasteiger partial charge in [-0.15, -0.1) is 0 Å². The van der Waals surface area contributed by atoms with Gasteiger partial charge in [-0.05, 0) is 25.0 Å². The second kappa shape index (κ2) is 9.07. The first-order valence-electron chi connectivity index (χ1n) is 6.41. The van der Waals surface area contributed by atoms with Crippen molar-refractivity contribution in [2.75, 3.05) is 26.1 Å². The van der Waals surface area contributed by atoms with Crippen molar-refractivity contribution < 1.29 is 14.3 Å². The van der Waals surface area contributed by atoms with Crippen LogP contribution in [0.5, 0.6) is 0 Å². The quantitative estimate of drug-likeness (QED) is 0.709. The van der Waals surface area contributed by atoms with Crippen LogP contribution in [-0.2, 0) is 20.9 Å². The van der Waals surface area contributed by atoms with Crippen molar-refractivity contribution >= 4 is 27.5 Å². The number of methoxy groups -OCH3 is 2. The number of ether oxygens (including phenoxy) is 2. The number of benzene rings is 1. The zero-order valence-electron chi connectivity index (χ0n) is 11.8. The van der Waals surface area contributed by atoms with E-state index in [2.05, 4.69) is 21.2 Å². The molecule has 0 aromatic heterocycles. The van der Waals surface area contributed by atoms with Crippen molar-refractivity contribution in [3.8, 4) is 0 Å². The Morgan fingerprint density at radius 2 is 2.15 bits per heavy atom. The molecule has 0 saturated carbocycles. The third-order valence-corrected chi connectivity index (χ3v) is 3.61. The molecule has 1 rings (SSSR count). The average molecular weight is 345 g/mol. The fraction of sp³-hybridized carbons (Fsp3) is 0.500. The van der Waals surface area contributed by atoms with Crippen LogP contribution in [0, 0.1) is 0 Å². The predicted octanol–water partition coefficient (Wildman–Crippen LogP) is 2.29. The topological polar surface area (TPSA) is 73.6 Å². The lowest BCUT2D eigenvalue weighted by atomic mass is 10.1. The van der Waals surface area contributed by atoms with Crippen LogP contribution >= 0.6 is 15.9 Å². The summed E-state index contributed by atoms with van der Waals surface area (Å²) in [5.74, 6) is -0.198. The van der Waals surface area contributed by atoms with E-state index in [1.807, 2.05) is 18.2 Å². The monoisotopic (exact) mass is 344 g/mol. The minimum Gasteiger partial charge on any atom is -0.385 e. The molecule has 0 spiro atoms. The number of nitrogens with one attached hydrogen (secondary N) is 1. The SMILES string of the molecule is COCCCC(N)C(=O)Nc1cccc(Br)c1COC. The third-order valence-electron chi connectivity index (χ3n) is 2.87. The summed E-state index contributed by atoms with van der Waals surface area (Å²) >= 11 is 3.45. The van der Waals surface area contributed by atoms with E-state index in [0.29, 0.717) is 25.3 Å². The van der Waals surface area contributed by atoms with Gasteiger partial charge in [0.2, 0.25) is 5.91 Å². The summed E-state index contributed by atoms with van der Waals surface area (Å²) in [7, 11) is 3.24. The molecular weight excluding hydrogens is 324 g/mol. The molecular formula is C14H21BrN2O3. The fourth-order valence-electron chi connectivity index (χ4n) is 1.77. The molecule has 1 aromatic carbocycles. The Morgan fingerprint density at radius 1 is 1.40 bits per heavy atom. The number of halogens is 1. The molecule has 3 N–H and O–H groups in total. The lowest BCUT2D eigenvalue weighted by Gasteiger charge is -2.15. The van der Waals surface area contributed by atoms with Crippen LogP contribution in [0.25, 0.3) is 0 Å². The van der Waals surface area contributed by atoms with Crippen molar-refractivity contribution in [1.29, 1.82) is 0 Å². The molecule has 0 fully saturated rings. The number of rotatable bonds is 8. The second-order valence-electron chi connectivity index (χ2n) is 4.43. The Labute approximate surface area is 127 Å². The molecule has 112 valence electrons. The fourth-order valence-corrected chi connectivity index (χ4v) is 2.25. The van der Waals surface area contributed by atoms with Gasteiger partial charge in [-0.2, -0.15) is 0 Å². The Morgan fingerprint density at radius 3 is 2.80 bits per heavy atom. The van der Waals surface area contributed by atoms with Crippen molar-refractivity contribution in [2.24, 2.45) is 5.73 Å². The number of hydrogen-bond acceptors (Lipinski definition) is 4. The molecule has 0 bridgehead atoms. The van der Waals surface area contributed by atoms with Gasteiger partial charge in [0.05, 0.1) is 12.6 Å². The highest BCUT2D eigenvalue weighted by molar-refractivity contribution is 9.10. The molecule has 0 radical (unpaired) electrons. The van der Waals surface area contributed by atoms with Crippen molar-refractivity contribution in [3.63, 3.8) is 0 Å².